The SMILES string of the molecule is CC(C)C(C)(C)CNC(=O)c1ccc(F)c(N)c1. The lowest BCUT2D eigenvalue weighted by Gasteiger charge is -2.29. The fourth-order valence-electron chi connectivity index (χ4n) is 1.30. The summed E-state index contributed by atoms with van der Waals surface area (Å²) < 4.78 is 13.0. The van der Waals surface area contributed by atoms with Crippen molar-refractivity contribution < 1.29 is 9.18 Å². The molecule has 0 radical (unpaired) electrons. The zero-order valence-electron chi connectivity index (χ0n) is 11.4. The first kappa shape index (κ1) is 14.5. The number of anilines is 1. The van der Waals surface area contributed by atoms with Gasteiger partial charge < -0.3 is 11.1 Å². The molecule has 3 N–H and O–H groups in total. The van der Waals surface area contributed by atoms with E-state index in [2.05, 4.69) is 33.0 Å². The van der Waals surface area contributed by atoms with Crippen LogP contribution in [0.1, 0.15) is 38.1 Å². The number of nitrogens with one attached hydrogen (secondary N) is 1. The van der Waals surface area contributed by atoms with Crippen LogP contribution in [0.5, 0.6) is 0 Å². The lowest BCUT2D eigenvalue weighted by Crippen LogP contribution is -2.37. The fraction of sp³-hybridized carbons (Fsp3) is 0.500. The minimum atomic E-state index is -0.505. The summed E-state index contributed by atoms with van der Waals surface area (Å²) in [5, 5.41) is 2.85. The van der Waals surface area contributed by atoms with E-state index < -0.39 is 5.82 Å². The summed E-state index contributed by atoms with van der Waals surface area (Å²) in [4.78, 5) is 11.9. The third-order valence-corrected chi connectivity index (χ3v) is 3.53. The van der Waals surface area contributed by atoms with Crippen LogP contribution in [-0.2, 0) is 0 Å². The summed E-state index contributed by atoms with van der Waals surface area (Å²) in [6.45, 7) is 8.98. The predicted molar refractivity (Wildman–Crippen MR) is 71.8 cm³/mol. The lowest BCUT2D eigenvalue weighted by atomic mass is 9.81. The van der Waals surface area contributed by atoms with Gasteiger partial charge in [0, 0.05) is 12.1 Å². The van der Waals surface area contributed by atoms with Gasteiger partial charge in [0.25, 0.3) is 5.91 Å². The topological polar surface area (TPSA) is 55.1 Å². The van der Waals surface area contributed by atoms with Crippen LogP contribution < -0.4 is 11.1 Å². The Morgan fingerprint density at radius 2 is 2.06 bits per heavy atom. The maximum atomic E-state index is 13.0. The minimum Gasteiger partial charge on any atom is -0.396 e. The summed E-state index contributed by atoms with van der Waals surface area (Å²) in [6.07, 6.45) is 0. The largest absolute Gasteiger partial charge is 0.396 e. The van der Waals surface area contributed by atoms with Gasteiger partial charge in [0.15, 0.2) is 0 Å². The van der Waals surface area contributed by atoms with Crippen molar-refractivity contribution in [1.29, 1.82) is 0 Å². The number of nitrogens with two attached hydrogens (primary N) is 1. The first-order valence-electron chi connectivity index (χ1n) is 6.07. The molecule has 0 unspecified atom stereocenters. The Kier molecular flexibility index (Phi) is 4.33. The molecule has 1 amide bonds. The second-order valence-corrected chi connectivity index (χ2v) is 5.56. The normalized spacial score (nSPS) is 11.7. The van der Waals surface area contributed by atoms with Crippen LogP contribution in [-0.4, -0.2) is 12.5 Å². The second kappa shape index (κ2) is 5.38. The molecule has 0 fully saturated rings. The van der Waals surface area contributed by atoms with Gasteiger partial charge in [-0.3, -0.25) is 4.79 Å². The highest BCUT2D eigenvalue weighted by Gasteiger charge is 2.23. The summed E-state index contributed by atoms with van der Waals surface area (Å²) in [5.74, 6) is -0.277. The number of nitrogen functional groups attached to an aromatic ring is 1. The van der Waals surface area contributed by atoms with Crippen LogP contribution in [0.4, 0.5) is 10.1 Å². The maximum Gasteiger partial charge on any atom is 0.251 e. The number of carbonyl (C=O) groups excluding carboxylic acids is 1. The van der Waals surface area contributed by atoms with Crippen molar-refractivity contribution in [2.24, 2.45) is 11.3 Å². The number of carbonyl (C=O) groups is 1. The van der Waals surface area contributed by atoms with Gasteiger partial charge in [0.05, 0.1) is 5.69 Å². The third kappa shape index (κ3) is 3.45. The van der Waals surface area contributed by atoms with Crippen molar-refractivity contribution >= 4 is 11.6 Å². The lowest BCUT2D eigenvalue weighted by molar-refractivity contribution is 0.0925. The van der Waals surface area contributed by atoms with Gasteiger partial charge in [0.2, 0.25) is 0 Å². The molecule has 1 rings (SSSR count). The van der Waals surface area contributed by atoms with E-state index in [1.807, 2.05) is 0 Å². The summed E-state index contributed by atoms with van der Waals surface area (Å²) in [5.41, 5.74) is 5.82. The van der Waals surface area contributed by atoms with Crippen LogP contribution in [0.2, 0.25) is 0 Å². The molecule has 1 aromatic carbocycles. The number of amides is 1. The predicted octanol–water partition coefficient (Wildman–Crippen LogP) is 2.82. The maximum absolute atomic E-state index is 13.0. The average molecular weight is 252 g/mol. The Bertz CT molecular complexity index is 441. The molecule has 0 atom stereocenters. The first-order valence-corrected chi connectivity index (χ1v) is 6.07. The molecule has 0 spiro atoms. The molecular weight excluding hydrogens is 231 g/mol. The van der Waals surface area contributed by atoms with E-state index in [0.29, 0.717) is 18.0 Å². The zero-order chi connectivity index (χ0) is 13.9. The number of hydrogen-bond donors (Lipinski definition) is 2. The summed E-state index contributed by atoms with van der Waals surface area (Å²) in [7, 11) is 0. The Hall–Kier alpha value is -1.58. The van der Waals surface area contributed by atoms with Crippen molar-refractivity contribution in [3.63, 3.8) is 0 Å². The Morgan fingerprint density at radius 3 is 2.56 bits per heavy atom. The van der Waals surface area contributed by atoms with Crippen molar-refractivity contribution in [2.45, 2.75) is 27.7 Å². The van der Waals surface area contributed by atoms with Crippen LogP contribution >= 0.6 is 0 Å². The molecule has 0 aromatic heterocycles. The molecule has 1 aromatic rings. The van der Waals surface area contributed by atoms with Gasteiger partial charge in [0.1, 0.15) is 5.82 Å². The van der Waals surface area contributed by atoms with Gasteiger partial charge in [-0.25, -0.2) is 4.39 Å². The van der Waals surface area contributed by atoms with Crippen LogP contribution in [0.15, 0.2) is 18.2 Å². The minimum absolute atomic E-state index is 0.00855. The molecule has 0 saturated carbocycles. The molecule has 0 aliphatic heterocycles. The zero-order valence-corrected chi connectivity index (χ0v) is 11.4. The highest BCUT2D eigenvalue weighted by atomic mass is 19.1. The number of halogens is 1. The molecular formula is C14H21FN2O. The Morgan fingerprint density at radius 1 is 1.44 bits per heavy atom. The molecule has 0 aliphatic rings. The van der Waals surface area contributed by atoms with Gasteiger partial charge in [-0.15, -0.1) is 0 Å². The van der Waals surface area contributed by atoms with E-state index >= 15 is 0 Å². The molecule has 4 heteroatoms. The summed E-state index contributed by atoms with van der Waals surface area (Å²) in [6, 6.07) is 3.99. The fourth-order valence-corrected chi connectivity index (χ4v) is 1.30. The number of rotatable bonds is 4. The molecule has 3 nitrogen and oxygen atoms in total. The van der Waals surface area contributed by atoms with Gasteiger partial charge in [-0.2, -0.15) is 0 Å². The third-order valence-electron chi connectivity index (χ3n) is 3.53. The number of benzene rings is 1. The van der Waals surface area contributed by atoms with Crippen molar-refractivity contribution in [3.8, 4) is 0 Å². The smallest absolute Gasteiger partial charge is 0.251 e. The van der Waals surface area contributed by atoms with E-state index in [9.17, 15) is 9.18 Å². The summed E-state index contributed by atoms with van der Waals surface area (Å²) >= 11 is 0. The number of hydrogen-bond acceptors (Lipinski definition) is 2. The van der Waals surface area contributed by atoms with Gasteiger partial charge in [-0.1, -0.05) is 27.7 Å². The second-order valence-electron chi connectivity index (χ2n) is 5.56. The Balaban J connectivity index is 2.69. The Labute approximate surface area is 108 Å². The van der Waals surface area contributed by atoms with Crippen LogP contribution in [0.25, 0.3) is 0 Å². The molecule has 0 aliphatic carbocycles. The molecule has 0 saturated heterocycles. The molecule has 0 bridgehead atoms. The van der Waals surface area contributed by atoms with E-state index in [4.69, 9.17) is 5.73 Å². The quantitative estimate of drug-likeness (QED) is 0.810. The first-order chi connectivity index (χ1) is 8.24. The monoisotopic (exact) mass is 252 g/mol. The average Bonchev–Trinajstić information content (AvgIpc) is 2.29. The molecule has 18 heavy (non-hydrogen) atoms. The molecule has 100 valence electrons. The van der Waals surface area contributed by atoms with E-state index in [1.165, 1.54) is 18.2 Å². The van der Waals surface area contributed by atoms with Crippen LogP contribution in [0.3, 0.4) is 0 Å². The standard InChI is InChI=1S/C14H21FN2O/c1-9(2)14(3,4)8-17-13(18)10-5-6-11(15)12(16)7-10/h5-7,9H,8,16H2,1-4H3,(H,17,18). The van der Waals surface area contributed by atoms with Crippen molar-refractivity contribution in [3.05, 3.63) is 29.6 Å². The highest BCUT2D eigenvalue weighted by Crippen LogP contribution is 2.24. The van der Waals surface area contributed by atoms with Crippen LogP contribution in [0, 0.1) is 17.2 Å². The van der Waals surface area contributed by atoms with E-state index in [1.54, 1.807) is 0 Å². The van der Waals surface area contributed by atoms with E-state index in [-0.39, 0.29) is 17.0 Å². The van der Waals surface area contributed by atoms with Crippen molar-refractivity contribution in [1.82, 2.24) is 5.32 Å². The highest BCUT2D eigenvalue weighted by molar-refractivity contribution is 5.95. The van der Waals surface area contributed by atoms with Gasteiger partial charge in [-0.05, 0) is 29.5 Å². The van der Waals surface area contributed by atoms with Crippen molar-refractivity contribution in [2.75, 3.05) is 12.3 Å². The van der Waals surface area contributed by atoms with E-state index in [0.717, 1.165) is 0 Å². The van der Waals surface area contributed by atoms with Gasteiger partial charge >= 0.3 is 0 Å². The molecule has 0 heterocycles.